The Kier molecular flexibility index (Phi) is 43.0. The molecule has 2 fully saturated rings. The largest absolute Gasteiger partial charge is 0.394 e. The second-order valence-electron chi connectivity index (χ2n) is 21.8. The molecule has 14 heteroatoms. The first kappa shape index (κ1) is 68.6. The number of unbranched alkanes of at least 4 members (excludes halogenated alkanes) is 34. The number of aliphatic hydroxyl groups excluding tert-OH is 8. The van der Waals surface area contributed by atoms with E-state index in [0.29, 0.717) is 6.42 Å². The third kappa shape index (κ3) is 31.8. The summed E-state index contributed by atoms with van der Waals surface area (Å²) in [6, 6.07) is -0.914. The van der Waals surface area contributed by atoms with Gasteiger partial charge < -0.3 is 65.1 Å². The number of hydrogen-bond acceptors (Lipinski definition) is 13. The highest BCUT2D eigenvalue weighted by Crippen LogP contribution is 2.30. The van der Waals surface area contributed by atoms with Crippen LogP contribution in [0.2, 0.25) is 0 Å². The van der Waals surface area contributed by atoms with Crippen molar-refractivity contribution in [3.8, 4) is 0 Å². The van der Waals surface area contributed by atoms with E-state index in [4.69, 9.17) is 18.9 Å². The molecule has 1 amide bonds. The molecule has 0 aromatic heterocycles. The zero-order valence-corrected chi connectivity index (χ0v) is 46.8. The number of carbonyl (C=O) groups is 1. The van der Waals surface area contributed by atoms with Gasteiger partial charge in [-0.2, -0.15) is 0 Å². The monoisotopic (exact) mass is 1060 g/mol. The smallest absolute Gasteiger partial charge is 0.220 e. The Balaban J connectivity index is 1.76. The van der Waals surface area contributed by atoms with Crippen LogP contribution in [0.1, 0.15) is 258 Å². The molecule has 74 heavy (non-hydrogen) atoms. The number of aliphatic hydroxyl groups is 8. The van der Waals surface area contributed by atoms with Gasteiger partial charge in [0.1, 0.15) is 48.8 Å². The number of allylic oxidation sites excluding steroid dienone is 3. The molecule has 0 spiro atoms. The molecule has 0 saturated carbocycles. The molecule has 0 radical (unpaired) electrons. The van der Waals surface area contributed by atoms with Crippen LogP contribution in [-0.4, -0.2) is 140 Å². The summed E-state index contributed by atoms with van der Waals surface area (Å²) in [6.45, 7) is 2.82. The van der Waals surface area contributed by atoms with E-state index in [-0.39, 0.29) is 18.9 Å². The van der Waals surface area contributed by atoms with Crippen molar-refractivity contribution in [3.63, 3.8) is 0 Å². The van der Waals surface area contributed by atoms with Crippen molar-refractivity contribution in [2.24, 2.45) is 0 Å². The maximum atomic E-state index is 13.3. The van der Waals surface area contributed by atoms with E-state index < -0.39 is 86.8 Å². The minimum Gasteiger partial charge on any atom is -0.394 e. The summed E-state index contributed by atoms with van der Waals surface area (Å²) in [7, 11) is 0. The van der Waals surface area contributed by atoms with Gasteiger partial charge in [-0.25, -0.2) is 0 Å². The first-order valence-corrected chi connectivity index (χ1v) is 30.6. The Hall–Kier alpha value is -1.53. The lowest BCUT2D eigenvalue weighted by Gasteiger charge is -2.46. The second kappa shape index (κ2) is 46.4. The van der Waals surface area contributed by atoms with Crippen LogP contribution in [0.15, 0.2) is 24.3 Å². The maximum absolute atomic E-state index is 13.3. The molecule has 0 bridgehead atoms. The van der Waals surface area contributed by atoms with Crippen LogP contribution in [0.25, 0.3) is 0 Å². The van der Waals surface area contributed by atoms with Crippen molar-refractivity contribution >= 4 is 5.91 Å². The molecular formula is C60H113NO13. The van der Waals surface area contributed by atoms with Crippen molar-refractivity contribution in [1.82, 2.24) is 5.32 Å². The third-order valence-electron chi connectivity index (χ3n) is 15.1. The van der Waals surface area contributed by atoms with Crippen molar-refractivity contribution < 1.29 is 64.6 Å². The molecule has 2 rings (SSSR count). The lowest BCUT2D eigenvalue weighted by molar-refractivity contribution is -0.359. The molecule has 2 aliphatic rings. The van der Waals surface area contributed by atoms with Crippen LogP contribution in [0.3, 0.4) is 0 Å². The summed E-state index contributed by atoms with van der Waals surface area (Å²) >= 11 is 0. The minimum absolute atomic E-state index is 0.238. The molecule has 12 unspecified atom stereocenters. The molecule has 2 aliphatic heterocycles. The van der Waals surface area contributed by atoms with Crippen LogP contribution >= 0.6 is 0 Å². The van der Waals surface area contributed by atoms with Gasteiger partial charge in [-0.05, 0) is 44.9 Å². The van der Waals surface area contributed by atoms with Crippen molar-refractivity contribution in [3.05, 3.63) is 24.3 Å². The molecule has 2 heterocycles. The Morgan fingerprint density at radius 2 is 0.851 bits per heavy atom. The third-order valence-corrected chi connectivity index (χ3v) is 15.1. The minimum atomic E-state index is -1.79. The summed E-state index contributed by atoms with van der Waals surface area (Å²) in [5.41, 5.74) is 0. The van der Waals surface area contributed by atoms with Gasteiger partial charge in [0.2, 0.25) is 5.91 Å². The molecule has 9 N–H and O–H groups in total. The topological polar surface area (TPSA) is 228 Å². The average molecular weight is 1060 g/mol. The van der Waals surface area contributed by atoms with Gasteiger partial charge in [-0.15, -0.1) is 0 Å². The summed E-state index contributed by atoms with van der Waals surface area (Å²) in [5, 5.41) is 87.1. The van der Waals surface area contributed by atoms with Gasteiger partial charge in [0.15, 0.2) is 12.6 Å². The van der Waals surface area contributed by atoms with E-state index >= 15 is 0 Å². The van der Waals surface area contributed by atoms with E-state index in [9.17, 15) is 45.6 Å². The molecule has 0 aromatic carbocycles. The lowest BCUT2D eigenvalue weighted by atomic mass is 9.97. The van der Waals surface area contributed by atoms with Gasteiger partial charge in [0, 0.05) is 6.42 Å². The van der Waals surface area contributed by atoms with E-state index in [0.717, 1.165) is 38.5 Å². The highest BCUT2D eigenvalue weighted by Gasteiger charge is 2.51. The molecule has 0 aromatic rings. The van der Waals surface area contributed by atoms with E-state index in [1.807, 2.05) is 6.08 Å². The van der Waals surface area contributed by atoms with Crippen LogP contribution < -0.4 is 5.32 Å². The van der Waals surface area contributed by atoms with Crippen molar-refractivity contribution in [2.45, 2.75) is 331 Å². The number of ether oxygens (including phenoxy) is 4. The molecule has 0 aliphatic carbocycles. The predicted octanol–water partition coefficient (Wildman–Crippen LogP) is 10.4. The zero-order valence-electron chi connectivity index (χ0n) is 46.8. The fraction of sp³-hybridized carbons (Fsp3) is 0.917. The molecule has 436 valence electrons. The standard InChI is InChI=1S/C60H113NO13/c1-3-5-7-9-11-13-15-17-19-21-23-24-26-28-30-32-34-36-38-40-42-44-52(65)61-48(49(64)43-41-39-37-35-33-31-29-27-25-22-20-18-16-14-12-10-8-6-4-2)47-71-59-57(70)55(68)58(51(46-63)73-59)74-60-56(69)54(67)53(66)50(45-62)72-60/h21,23,41,43,48-51,53-60,62-64,66-70H,3-20,22,24-40,42,44-47H2,1-2H3,(H,61,65)/b23-21-,43-41+. The Morgan fingerprint density at radius 3 is 1.28 bits per heavy atom. The number of amides is 1. The Morgan fingerprint density at radius 1 is 0.473 bits per heavy atom. The normalized spacial score (nSPS) is 25.3. The summed E-state index contributed by atoms with van der Waals surface area (Å²) in [5.74, 6) is -0.238. The fourth-order valence-corrected chi connectivity index (χ4v) is 10.2. The SMILES string of the molecule is CCCCCCCCCC/C=C\CCCCCCCCCCCC(=O)NC(COC1OC(CO)C(OC2OC(CO)C(O)C(O)C2O)C(O)C1O)C(O)/C=C/CCCCCCCCCCCCCCCCCCC. The highest BCUT2D eigenvalue weighted by molar-refractivity contribution is 5.76. The van der Waals surface area contributed by atoms with Crippen LogP contribution in [0.4, 0.5) is 0 Å². The molecular weight excluding hydrogens is 943 g/mol. The highest BCUT2D eigenvalue weighted by atomic mass is 16.7. The average Bonchev–Trinajstić information content (AvgIpc) is 3.40. The first-order valence-electron chi connectivity index (χ1n) is 30.6. The van der Waals surface area contributed by atoms with E-state index in [1.54, 1.807) is 6.08 Å². The van der Waals surface area contributed by atoms with Gasteiger partial charge in [0.25, 0.3) is 0 Å². The summed E-state index contributed by atoms with van der Waals surface area (Å²) < 4.78 is 22.8. The number of hydrogen-bond donors (Lipinski definition) is 9. The number of nitrogens with one attached hydrogen (secondary N) is 1. The van der Waals surface area contributed by atoms with Gasteiger partial charge in [-0.1, -0.05) is 231 Å². The van der Waals surface area contributed by atoms with Crippen LogP contribution in [-0.2, 0) is 23.7 Å². The number of rotatable bonds is 49. The Bertz CT molecular complexity index is 1340. The first-order chi connectivity index (χ1) is 36.1. The van der Waals surface area contributed by atoms with E-state index in [2.05, 4.69) is 31.3 Å². The quantitative estimate of drug-likeness (QED) is 0.0204. The van der Waals surface area contributed by atoms with Gasteiger partial charge >= 0.3 is 0 Å². The van der Waals surface area contributed by atoms with Gasteiger partial charge in [-0.3, -0.25) is 4.79 Å². The maximum Gasteiger partial charge on any atom is 0.220 e. The molecule has 14 nitrogen and oxygen atoms in total. The number of carbonyl (C=O) groups excluding carboxylic acids is 1. The zero-order chi connectivity index (χ0) is 53.9. The lowest BCUT2D eigenvalue weighted by Crippen LogP contribution is -2.65. The summed E-state index contributed by atoms with van der Waals surface area (Å²) in [4.78, 5) is 13.3. The molecule has 2 saturated heterocycles. The second-order valence-corrected chi connectivity index (χ2v) is 21.8. The fourth-order valence-electron chi connectivity index (χ4n) is 10.2. The van der Waals surface area contributed by atoms with Crippen LogP contribution in [0, 0.1) is 0 Å². The molecule has 12 atom stereocenters. The van der Waals surface area contributed by atoms with Gasteiger partial charge in [0.05, 0.1) is 32.0 Å². The summed E-state index contributed by atoms with van der Waals surface area (Å²) in [6.07, 6.45) is 37.8. The van der Waals surface area contributed by atoms with Crippen molar-refractivity contribution in [2.75, 3.05) is 19.8 Å². The predicted molar refractivity (Wildman–Crippen MR) is 295 cm³/mol. The Labute approximate surface area is 449 Å². The van der Waals surface area contributed by atoms with Crippen molar-refractivity contribution in [1.29, 1.82) is 0 Å². The van der Waals surface area contributed by atoms with Crippen LogP contribution in [0.5, 0.6) is 0 Å². The van der Waals surface area contributed by atoms with E-state index in [1.165, 1.54) is 193 Å².